The molecule has 0 atom stereocenters. The molecule has 1 amide bonds. The van der Waals surface area contributed by atoms with Crippen molar-refractivity contribution in [1.29, 1.82) is 0 Å². The zero-order chi connectivity index (χ0) is 12.8. The first kappa shape index (κ1) is 13.7. The molecule has 0 radical (unpaired) electrons. The molecule has 0 heterocycles. The second-order valence-corrected chi connectivity index (χ2v) is 4.67. The van der Waals surface area contributed by atoms with Crippen molar-refractivity contribution in [3.63, 3.8) is 0 Å². The summed E-state index contributed by atoms with van der Waals surface area (Å²) in [6, 6.07) is 5.07. The van der Waals surface area contributed by atoms with Crippen molar-refractivity contribution in [2.75, 3.05) is 6.61 Å². The number of carbonyl (C=O) groups excluding carboxylic acids is 2. The molecule has 0 spiro atoms. The average Bonchev–Trinajstić information content (AvgIpc) is 2.27. The van der Waals surface area contributed by atoms with E-state index < -0.39 is 0 Å². The molecule has 0 aliphatic heterocycles. The summed E-state index contributed by atoms with van der Waals surface area (Å²) < 4.78 is 5.97. The fourth-order valence-corrected chi connectivity index (χ4v) is 1.55. The molecule has 1 N–H and O–H groups in total. The predicted molar refractivity (Wildman–Crippen MR) is 68.3 cm³/mol. The monoisotopic (exact) mass is 299 g/mol. The van der Waals surface area contributed by atoms with Crippen molar-refractivity contribution in [2.24, 2.45) is 0 Å². The summed E-state index contributed by atoms with van der Waals surface area (Å²) in [4.78, 5) is 22.0. The minimum Gasteiger partial charge on any atom is -0.484 e. The Hall–Kier alpha value is -1.36. The van der Waals surface area contributed by atoms with Gasteiger partial charge in [0.2, 0.25) is 0 Å². The fraction of sp³-hybridized carbons (Fsp3) is 0.333. The van der Waals surface area contributed by atoms with Gasteiger partial charge < -0.3 is 10.1 Å². The van der Waals surface area contributed by atoms with Crippen LogP contribution >= 0.6 is 15.9 Å². The summed E-state index contributed by atoms with van der Waals surface area (Å²) in [5.74, 6) is 0.310. The Labute approximate surface area is 108 Å². The maximum absolute atomic E-state index is 11.3. The number of nitrogens with one attached hydrogen (secondary N) is 1. The molecule has 0 aromatic heterocycles. The number of halogens is 1. The van der Waals surface area contributed by atoms with Gasteiger partial charge in [0.05, 0.1) is 0 Å². The van der Waals surface area contributed by atoms with E-state index in [-0.39, 0.29) is 18.6 Å². The Kier molecular flexibility index (Phi) is 5.15. The van der Waals surface area contributed by atoms with E-state index in [4.69, 9.17) is 4.74 Å². The molecule has 5 heteroatoms. The van der Waals surface area contributed by atoms with Crippen molar-refractivity contribution >= 4 is 28.1 Å². The second-order valence-electron chi connectivity index (χ2n) is 3.81. The third kappa shape index (κ3) is 4.56. The molecule has 0 bridgehead atoms. The minimum atomic E-state index is -0.185. The van der Waals surface area contributed by atoms with E-state index in [0.29, 0.717) is 15.8 Å². The van der Waals surface area contributed by atoms with Crippen molar-refractivity contribution < 1.29 is 14.3 Å². The first-order valence-corrected chi connectivity index (χ1v) is 5.99. The summed E-state index contributed by atoms with van der Waals surface area (Å²) in [7, 11) is 0. The van der Waals surface area contributed by atoms with Crippen LogP contribution in [0.5, 0.6) is 5.75 Å². The van der Waals surface area contributed by atoms with Crippen LogP contribution in [0.25, 0.3) is 0 Å². The van der Waals surface area contributed by atoms with Gasteiger partial charge >= 0.3 is 0 Å². The molecular weight excluding hydrogens is 286 g/mol. The first-order chi connectivity index (χ1) is 8.02. The standard InChI is InChI=1S/C12H14BrNO3/c1-8(2)14-12(16)7-17-10-3-4-11(13)9(5-10)6-15/h3-6,8H,7H2,1-2H3,(H,14,16). The predicted octanol–water partition coefficient (Wildman–Crippen LogP) is 2.17. The summed E-state index contributed by atoms with van der Waals surface area (Å²) in [6.45, 7) is 3.70. The number of hydrogen-bond acceptors (Lipinski definition) is 3. The van der Waals surface area contributed by atoms with Gasteiger partial charge in [0, 0.05) is 16.1 Å². The Morgan fingerprint density at radius 2 is 2.24 bits per heavy atom. The fourth-order valence-electron chi connectivity index (χ4n) is 1.21. The van der Waals surface area contributed by atoms with Crippen molar-refractivity contribution in [3.05, 3.63) is 28.2 Å². The van der Waals surface area contributed by atoms with Gasteiger partial charge in [0.25, 0.3) is 5.91 Å². The lowest BCUT2D eigenvalue weighted by molar-refractivity contribution is -0.123. The van der Waals surface area contributed by atoms with E-state index in [2.05, 4.69) is 21.2 Å². The van der Waals surface area contributed by atoms with Gasteiger partial charge in [0.1, 0.15) is 5.75 Å². The zero-order valence-electron chi connectivity index (χ0n) is 9.70. The lowest BCUT2D eigenvalue weighted by Crippen LogP contribution is -2.34. The lowest BCUT2D eigenvalue weighted by atomic mass is 10.2. The van der Waals surface area contributed by atoms with Gasteiger partial charge in [0.15, 0.2) is 12.9 Å². The van der Waals surface area contributed by atoms with Crippen LogP contribution in [0.4, 0.5) is 0 Å². The van der Waals surface area contributed by atoms with E-state index in [9.17, 15) is 9.59 Å². The van der Waals surface area contributed by atoms with Crippen molar-refractivity contribution in [2.45, 2.75) is 19.9 Å². The molecule has 92 valence electrons. The molecule has 1 aromatic rings. The van der Waals surface area contributed by atoms with Crippen LogP contribution in [0.2, 0.25) is 0 Å². The van der Waals surface area contributed by atoms with Crippen LogP contribution < -0.4 is 10.1 Å². The molecule has 17 heavy (non-hydrogen) atoms. The highest BCUT2D eigenvalue weighted by Crippen LogP contribution is 2.20. The van der Waals surface area contributed by atoms with E-state index in [1.807, 2.05) is 13.8 Å². The van der Waals surface area contributed by atoms with Gasteiger partial charge in [-0.05, 0) is 32.0 Å². The largest absolute Gasteiger partial charge is 0.484 e. The molecular formula is C12H14BrNO3. The minimum absolute atomic E-state index is 0.0574. The number of hydrogen-bond donors (Lipinski definition) is 1. The smallest absolute Gasteiger partial charge is 0.258 e. The van der Waals surface area contributed by atoms with E-state index in [1.54, 1.807) is 18.2 Å². The van der Waals surface area contributed by atoms with Gasteiger partial charge in [-0.25, -0.2) is 0 Å². The maximum atomic E-state index is 11.3. The molecule has 4 nitrogen and oxygen atoms in total. The molecule has 0 aliphatic carbocycles. The van der Waals surface area contributed by atoms with Gasteiger partial charge in [-0.3, -0.25) is 9.59 Å². The second kappa shape index (κ2) is 6.39. The quantitative estimate of drug-likeness (QED) is 0.848. The van der Waals surface area contributed by atoms with Crippen LogP contribution in [0.3, 0.4) is 0 Å². The Balaban J connectivity index is 2.58. The van der Waals surface area contributed by atoms with Gasteiger partial charge in [-0.15, -0.1) is 0 Å². The topological polar surface area (TPSA) is 55.4 Å². The lowest BCUT2D eigenvalue weighted by Gasteiger charge is -2.10. The van der Waals surface area contributed by atoms with Crippen LogP contribution in [-0.2, 0) is 4.79 Å². The van der Waals surface area contributed by atoms with Crippen LogP contribution in [0, 0.1) is 0 Å². The Morgan fingerprint density at radius 3 is 2.82 bits per heavy atom. The molecule has 0 unspecified atom stereocenters. The van der Waals surface area contributed by atoms with E-state index >= 15 is 0 Å². The van der Waals surface area contributed by atoms with E-state index in [1.165, 1.54) is 0 Å². The highest BCUT2D eigenvalue weighted by atomic mass is 79.9. The van der Waals surface area contributed by atoms with Crippen molar-refractivity contribution in [1.82, 2.24) is 5.32 Å². The summed E-state index contributed by atoms with van der Waals surface area (Å²) in [6.07, 6.45) is 0.727. The third-order valence-corrected chi connectivity index (χ3v) is 2.64. The summed E-state index contributed by atoms with van der Waals surface area (Å²) in [5.41, 5.74) is 0.492. The first-order valence-electron chi connectivity index (χ1n) is 5.20. The molecule has 0 aliphatic rings. The zero-order valence-corrected chi connectivity index (χ0v) is 11.3. The number of rotatable bonds is 5. The molecule has 1 rings (SSSR count). The molecule has 0 saturated carbocycles. The molecule has 1 aromatic carbocycles. The van der Waals surface area contributed by atoms with Crippen LogP contribution in [0.15, 0.2) is 22.7 Å². The maximum Gasteiger partial charge on any atom is 0.258 e. The highest BCUT2D eigenvalue weighted by Gasteiger charge is 2.06. The Bertz CT molecular complexity index is 418. The van der Waals surface area contributed by atoms with Crippen LogP contribution in [-0.4, -0.2) is 24.8 Å². The number of benzene rings is 1. The number of amides is 1. The molecule has 0 saturated heterocycles. The van der Waals surface area contributed by atoms with Crippen LogP contribution in [0.1, 0.15) is 24.2 Å². The summed E-state index contributed by atoms with van der Waals surface area (Å²) in [5, 5.41) is 2.71. The average molecular weight is 300 g/mol. The van der Waals surface area contributed by atoms with Crippen molar-refractivity contribution in [3.8, 4) is 5.75 Å². The van der Waals surface area contributed by atoms with Gasteiger partial charge in [-0.2, -0.15) is 0 Å². The number of ether oxygens (including phenoxy) is 1. The number of aldehydes is 1. The van der Waals surface area contributed by atoms with E-state index in [0.717, 1.165) is 6.29 Å². The third-order valence-electron chi connectivity index (χ3n) is 1.91. The van der Waals surface area contributed by atoms with Gasteiger partial charge in [-0.1, -0.05) is 15.9 Å². The SMILES string of the molecule is CC(C)NC(=O)COc1ccc(Br)c(C=O)c1. The summed E-state index contributed by atoms with van der Waals surface area (Å²) >= 11 is 3.24. The Morgan fingerprint density at radius 1 is 1.53 bits per heavy atom. The molecule has 0 fully saturated rings. The number of carbonyl (C=O) groups is 2. The highest BCUT2D eigenvalue weighted by molar-refractivity contribution is 9.10. The normalized spacial score (nSPS) is 10.1.